The number of unbranched alkanes of at least 4 members (excludes halogenated alkanes) is 3. The molecule has 3 amide bonds. The number of aliphatic hydroxyl groups is 1. The number of likely N-dealkylation sites (tertiary alicyclic amines) is 1. The smallest absolute Gasteiger partial charge is 0.253 e. The van der Waals surface area contributed by atoms with Crippen molar-refractivity contribution in [1.29, 1.82) is 0 Å². The molecule has 8 nitrogen and oxygen atoms in total. The highest BCUT2D eigenvalue weighted by Crippen LogP contribution is 2.63. The van der Waals surface area contributed by atoms with Crippen LogP contribution in [0, 0.1) is 11.8 Å². The van der Waals surface area contributed by atoms with E-state index in [1.54, 1.807) is 51.1 Å². The van der Waals surface area contributed by atoms with E-state index in [0.717, 1.165) is 18.5 Å². The third-order valence-corrected chi connectivity index (χ3v) is 9.70. The molecule has 3 aliphatic heterocycles. The Balaban J connectivity index is 1.55. The summed E-state index contributed by atoms with van der Waals surface area (Å²) >= 11 is 6.16. The third-order valence-electron chi connectivity index (χ3n) is 9.45. The largest absolute Gasteiger partial charge is 0.396 e. The molecule has 1 N–H and O–H groups in total. The molecule has 2 aromatic carbocycles. The highest BCUT2D eigenvalue weighted by Gasteiger charge is 2.78. The molecule has 0 radical (unpaired) electrons. The maximum atomic E-state index is 14.7. The van der Waals surface area contributed by atoms with Crippen molar-refractivity contribution >= 4 is 40.7 Å². The predicted octanol–water partition coefficient (Wildman–Crippen LogP) is 5.40. The number of amides is 3. The first-order valence-corrected chi connectivity index (χ1v) is 15.9. The van der Waals surface area contributed by atoms with Crippen LogP contribution >= 0.6 is 11.6 Å². The Bertz CT molecular complexity index is 1380. The van der Waals surface area contributed by atoms with Gasteiger partial charge in [-0.05, 0) is 69.0 Å². The zero-order valence-corrected chi connectivity index (χ0v) is 26.1. The monoisotopic (exact) mass is 619 g/mol. The summed E-state index contributed by atoms with van der Waals surface area (Å²) in [5, 5.41) is 9.78. The van der Waals surface area contributed by atoms with Gasteiger partial charge < -0.3 is 24.5 Å². The van der Waals surface area contributed by atoms with Crippen molar-refractivity contribution in [2.24, 2.45) is 11.8 Å². The molecule has 1 spiro atoms. The highest BCUT2D eigenvalue weighted by molar-refractivity contribution is 6.30. The summed E-state index contributed by atoms with van der Waals surface area (Å²) in [6.45, 7) is 10.7. The summed E-state index contributed by atoms with van der Waals surface area (Å²) in [5.41, 5.74) is -0.684. The number of rotatable bonds is 14. The van der Waals surface area contributed by atoms with Crippen LogP contribution in [0.4, 0.5) is 11.4 Å². The number of carbonyl (C=O) groups is 3. The Hall–Kier alpha value is -3.46. The molecule has 5 rings (SSSR count). The third kappa shape index (κ3) is 5.59. The maximum absolute atomic E-state index is 14.7. The molecule has 0 saturated carbocycles. The second kappa shape index (κ2) is 13.3. The SMILES string of the molecule is C=CCN(C(=O)C1N(CCCCCCO)C(=O)[C@@H]2[C@H](C(=O)N(CC=C)c3ccccc3)[C@]3(C)CCC12O3)c1ccc(Cl)cc1. The molecular weight excluding hydrogens is 578 g/mol. The number of anilines is 2. The number of carbonyl (C=O) groups excluding carboxylic acids is 3. The van der Waals surface area contributed by atoms with E-state index >= 15 is 0 Å². The minimum absolute atomic E-state index is 0.116. The number of benzene rings is 2. The van der Waals surface area contributed by atoms with Gasteiger partial charge in [0.15, 0.2) is 0 Å². The molecule has 2 bridgehead atoms. The average Bonchev–Trinajstić information content (AvgIpc) is 3.59. The quantitative estimate of drug-likeness (QED) is 0.226. The molecule has 44 heavy (non-hydrogen) atoms. The van der Waals surface area contributed by atoms with E-state index in [1.807, 2.05) is 37.3 Å². The predicted molar refractivity (Wildman–Crippen MR) is 172 cm³/mol. The van der Waals surface area contributed by atoms with Crippen molar-refractivity contribution < 1.29 is 24.2 Å². The number of fused-ring (bicyclic) bond motifs is 1. The number of aliphatic hydroxyl groups excluding tert-OH is 1. The van der Waals surface area contributed by atoms with Crippen LogP contribution in [0.15, 0.2) is 79.9 Å². The van der Waals surface area contributed by atoms with Gasteiger partial charge in [0.25, 0.3) is 5.91 Å². The zero-order chi connectivity index (χ0) is 31.5. The molecule has 3 fully saturated rings. The first-order valence-electron chi connectivity index (χ1n) is 15.5. The van der Waals surface area contributed by atoms with Crippen LogP contribution in [0.2, 0.25) is 5.02 Å². The lowest BCUT2D eigenvalue weighted by Gasteiger charge is -2.37. The molecule has 0 aromatic heterocycles. The molecule has 3 aliphatic rings. The zero-order valence-electron chi connectivity index (χ0n) is 25.4. The second-order valence-corrected chi connectivity index (χ2v) is 12.6. The first kappa shape index (κ1) is 31.9. The summed E-state index contributed by atoms with van der Waals surface area (Å²) in [6.07, 6.45) is 7.37. The number of para-hydroxylation sites is 1. The number of ether oxygens (including phenoxy) is 1. The Labute approximate surface area is 264 Å². The van der Waals surface area contributed by atoms with Crippen molar-refractivity contribution in [2.75, 3.05) is 36.0 Å². The van der Waals surface area contributed by atoms with E-state index in [9.17, 15) is 19.5 Å². The van der Waals surface area contributed by atoms with Gasteiger partial charge in [-0.3, -0.25) is 14.4 Å². The van der Waals surface area contributed by atoms with Crippen LogP contribution in [-0.2, 0) is 19.1 Å². The van der Waals surface area contributed by atoms with Crippen molar-refractivity contribution in [1.82, 2.24) is 4.90 Å². The minimum Gasteiger partial charge on any atom is -0.396 e. The standard InChI is InChI=1S/C35H42ClN3O5/c1-4-21-37(26-13-9-8-10-14-26)31(41)28-29-32(42)39(23-11-6-7-12-24-40)30(35(29)20-19-34(28,3)44-35)33(43)38(22-5-2)27-17-15-25(36)16-18-27/h4-5,8-10,13-18,28-30,40H,1-2,6-7,11-12,19-24H2,3H3/t28-,29+,30?,34+,35?/m1/s1. The molecule has 234 valence electrons. The highest BCUT2D eigenvalue weighted by atomic mass is 35.5. The lowest BCUT2D eigenvalue weighted by molar-refractivity contribution is -0.144. The summed E-state index contributed by atoms with van der Waals surface area (Å²) in [7, 11) is 0. The van der Waals surface area contributed by atoms with E-state index in [4.69, 9.17) is 16.3 Å². The number of halogens is 1. The molecule has 3 saturated heterocycles. The fourth-order valence-corrected chi connectivity index (χ4v) is 7.64. The molecule has 3 heterocycles. The van der Waals surface area contributed by atoms with Crippen LogP contribution in [-0.4, -0.2) is 71.2 Å². The molecule has 2 aromatic rings. The number of hydrogen-bond donors (Lipinski definition) is 1. The Kier molecular flexibility index (Phi) is 9.63. The van der Waals surface area contributed by atoms with Gasteiger partial charge in [-0.25, -0.2) is 0 Å². The van der Waals surface area contributed by atoms with Crippen molar-refractivity contribution in [2.45, 2.75) is 62.7 Å². The van der Waals surface area contributed by atoms with Crippen LogP contribution in [0.5, 0.6) is 0 Å². The van der Waals surface area contributed by atoms with Crippen LogP contribution in [0.3, 0.4) is 0 Å². The Morgan fingerprint density at radius 3 is 2.20 bits per heavy atom. The lowest BCUT2D eigenvalue weighted by Crippen LogP contribution is -2.56. The first-order chi connectivity index (χ1) is 21.2. The maximum Gasteiger partial charge on any atom is 0.253 e. The van der Waals surface area contributed by atoms with Gasteiger partial charge in [0.2, 0.25) is 11.8 Å². The van der Waals surface area contributed by atoms with Crippen LogP contribution in [0.1, 0.15) is 45.4 Å². The molecule has 9 heteroatoms. The van der Waals surface area contributed by atoms with Crippen LogP contribution in [0.25, 0.3) is 0 Å². The van der Waals surface area contributed by atoms with E-state index in [-0.39, 0.29) is 37.4 Å². The second-order valence-electron chi connectivity index (χ2n) is 12.2. The summed E-state index contributed by atoms with van der Waals surface area (Å²) in [5.74, 6) is -2.24. The fraction of sp³-hybridized carbons (Fsp3) is 0.457. The number of nitrogens with zero attached hydrogens (tertiary/aromatic N) is 3. The molecule has 2 unspecified atom stereocenters. The summed E-state index contributed by atoms with van der Waals surface area (Å²) in [4.78, 5) is 48.7. The van der Waals surface area contributed by atoms with Gasteiger partial charge in [0.05, 0.1) is 17.4 Å². The normalized spacial score (nSPS) is 26.8. The van der Waals surface area contributed by atoms with E-state index in [2.05, 4.69) is 13.2 Å². The minimum atomic E-state index is -1.14. The summed E-state index contributed by atoms with van der Waals surface area (Å²) < 4.78 is 6.87. The van der Waals surface area contributed by atoms with Crippen molar-refractivity contribution in [3.05, 3.63) is 84.9 Å². The van der Waals surface area contributed by atoms with Crippen LogP contribution < -0.4 is 9.80 Å². The van der Waals surface area contributed by atoms with Gasteiger partial charge in [0.1, 0.15) is 11.6 Å². The van der Waals surface area contributed by atoms with Gasteiger partial charge in [-0.15, -0.1) is 13.2 Å². The topological polar surface area (TPSA) is 90.4 Å². The Morgan fingerprint density at radius 1 is 0.955 bits per heavy atom. The van der Waals surface area contributed by atoms with E-state index in [0.29, 0.717) is 42.9 Å². The van der Waals surface area contributed by atoms with E-state index < -0.39 is 29.1 Å². The van der Waals surface area contributed by atoms with Crippen molar-refractivity contribution in [3.8, 4) is 0 Å². The van der Waals surface area contributed by atoms with Gasteiger partial charge in [-0.2, -0.15) is 0 Å². The summed E-state index contributed by atoms with van der Waals surface area (Å²) in [6, 6.07) is 15.5. The molecule has 0 aliphatic carbocycles. The number of hydrogen-bond acceptors (Lipinski definition) is 5. The molecular formula is C35H42ClN3O5. The van der Waals surface area contributed by atoms with Gasteiger partial charge >= 0.3 is 0 Å². The average molecular weight is 620 g/mol. The van der Waals surface area contributed by atoms with Crippen molar-refractivity contribution in [3.63, 3.8) is 0 Å². The Morgan fingerprint density at radius 2 is 1.57 bits per heavy atom. The van der Waals surface area contributed by atoms with E-state index in [1.165, 1.54) is 0 Å². The molecule has 5 atom stereocenters. The van der Waals surface area contributed by atoms with Gasteiger partial charge in [-0.1, -0.05) is 54.8 Å². The van der Waals surface area contributed by atoms with Gasteiger partial charge in [0, 0.05) is 42.6 Å². The lowest BCUT2D eigenvalue weighted by atomic mass is 9.66. The fourth-order valence-electron chi connectivity index (χ4n) is 7.52.